The summed E-state index contributed by atoms with van der Waals surface area (Å²) >= 11 is 1.62. The van der Waals surface area contributed by atoms with Crippen molar-refractivity contribution in [2.24, 2.45) is 28.1 Å². The van der Waals surface area contributed by atoms with Gasteiger partial charge in [0.2, 0.25) is 11.8 Å². The Kier molecular flexibility index (Phi) is 11.3. The standard InChI is InChI=1S/C38H59N3O3S/c1-25(27-16-18-29(19-17-27)33-26(2)39-24-45-33)40-34(43)31-22-30(42)23-41(31)35(44)32(36(3,4)5)28-14-10-12-20-38(9,37(6,7)8)21-13-11-15-28/h16-19,24-25,28,30-32,42H,10-15,20-23H2,1-9H3,(H,40,43)/t25-,28?,30+,31-,32+,38?/m0/s1. The third kappa shape index (κ3) is 8.38. The van der Waals surface area contributed by atoms with Crippen molar-refractivity contribution in [1.82, 2.24) is 15.2 Å². The van der Waals surface area contributed by atoms with Crippen LogP contribution in [0.5, 0.6) is 0 Å². The topological polar surface area (TPSA) is 82.5 Å². The van der Waals surface area contributed by atoms with Crippen LogP contribution in [0.4, 0.5) is 0 Å². The van der Waals surface area contributed by atoms with Crippen LogP contribution in [0.2, 0.25) is 0 Å². The van der Waals surface area contributed by atoms with Crippen LogP contribution in [0.1, 0.15) is 130 Å². The SMILES string of the molecule is Cc1ncsc1-c1ccc([C@H](C)NC(=O)[C@@H]2C[C@@H](O)CN2C(=O)[C@@H](C2CCCCC(C)(C(C)(C)C)CCCC2)C(C)(C)C)cc1. The molecule has 1 saturated carbocycles. The van der Waals surface area contributed by atoms with E-state index < -0.39 is 12.1 Å². The van der Waals surface area contributed by atoms with Gasteiger partial charge in [0.25, 0.3) is 0 Å². The number of β-amino-alcohol motifs (C(OH)–C–C–N with tert-alkyl or cyclic N) is 1. The highest BCUT2D eigenvalue weighted by Crippen LogP contribution is 2.48. The molecule has 45 heavy (non-hydrogen) atoms. The predicted octanol–water partition coefficient (Wildman–Crippen LogP) is 8.72. The summed E-state index contributed by atoms with van der Waals surface area (Å²) in [5.41, 5.74) is 5.37. The molecule has 250 valence electrons. The molecule has 0 unspecified atom stereocenters. The summed E-state index contributed by atoms with van der Waals surface area (Å²) in [4.78, 5) is 35.5. The highest BCUT2D eigenvalue weighted by molar-refractivity contribution is 7.13. The number of carbonyl (C=O) groups is 2. The van der Waals surface area contributed by atoms with Gasteiger partial charge in [-0.25, -0.2) is 4.98 Å². The Labute approximate surface area is 276 Å². The van der Waals surface area contributed by atoms with Gasteiger partial charge in [0.15, 0.2) is 0 Å². The van der Waals surface area contributed by atoms with E-state index in [-0.39, 0.29) is 53.5 Å². The number of nitrogens with one attached hydrogen (secondary N) is 1. The van der Waals surface area contributed by atoms with Crippen LogP contribution in [-0.4, -0.2) is 45.5 Å². The molecular weight excluding hydrogens is 579 g/mol. The number of amides is 2. The number of hydrogen-bond donors (Lipinski definition) is 2. The van der Waals surface area contributed by atoms with E-state index in [1.165, 1.54) is 25.7 Å². The molecule has 2 heterocycles. The van der Waals surface area contributed by atoms with Crippen molar-refractivity contribution < 1.29 is 14.7 Å². The van der Waals surface area contributed by atoms with E-state index in [0.717, 1.165) is 47.4 Å². The molecule has 2 aromatic rings. The number of nitrogens with zero attached hydrogens (tertiary/aromatic N) is 2. The Bertz CT molecular complexity index is 1280. The number of aromatic nitrogens is 1. The monoisotopic (exact) mass is 637 g/mol. The third-order valence-corrected chi connectivity index (χ3v) is 12.2. The van der Waals surface area contributed by atoms with Crippen molar-refractivity contribution >= 4 is 23.2 Å². The highest BCUT2D eigenvalue weighted by atomic mass is 32.1. The number of thiazole rings is 1. The molecule has 2 aliphatic rings. The fraction of sp³-hybridized carbons (Fsp3) is 0.711. The molecular formula is C38H59N3O3S. The van der Waals surface area contributed by atoms with Crippen molar-refractivity contribution in [2.45, 2.75) is 138 Å². The van der Waals surface area contributed by atoms with Crippen molar-refractivity contribution in [3.8, 4) is 10.4 Å². The van der Waals surface area contributed by atoms with Gasteiger partial charge >= 0.3 is 0 Å². The lowest BCUT2D eigenvalue weighted by Gasteiger charge is -2.44. The first-order chi connectivity index (χ1) is 21.0. The number of hydrogen-bond acceptors (Lipinski definition) is 5. The molecule has 0 radical (unpaired) electrons. The molecule has 4 atom stereocenters. The van der Waals surface area contributed by atoms with Gasteiger partial charge in [0, 0.05) is 18.9 Å². The Morgan fingerprint density at radius 3 is 2.13 bits per heavy atom. The first-order valence-corrected chi connectivity index (χ1v) is 18.2. The van der Waals surface area contributed by atoms with Crippen LogP contribution >= 0.6 is 11.3 Å². The van der Waals surface area contributed by atoms with Gasteiger partial charge in [-0.05, 0) is 72.8 Å². The van der Waals surface area contributed by atoms with Gasteiger partial charge in [-0.1, -0.05) is 98.4 Å². The maximum Gasteiger partial charge on any atom is 0.243 e. The molecule has 1 aliphatic carbocycles. The van der Waals surface area contributed by atoms with Gasteiger partial charge < -0.3 is 15.3 Å². The lowest BCUT2D eigenvalue weighted by molar-refractivity contribution is -0.147. The minimum absolute atomic E-state index is 0.0396. The molecule has 1 aliphatic heterocycles. The zero-order valence-corrected chi connectivity index (χ0v) is 30.2. The number of rotatable bonds is 6. The zero-order chi connectivity index (χ0) is 33.2. The van der Waals surface area contributed by atoms with Crippen molar-refractivity contribution in [3.05, 3.63) is 41.0 Å². The first kappa shape index (κ1) is 35.6. The molecule has 0 spiro atoms. The van der Waals surface area contributed by atoms with Crippen LogP contribution in [0.3, 0.4) is 0 Å². The highest BCUT2D eigenvalue weighted by Gasteiger charge is 2.46. The fourth-order valence-electron chi connectivity index (χ4n) is 7.85. The molecule has 7 heteroatoms. The van der Waals surface area contributed by atoms with E-state index in [4.69, 9.17) is 0 Å². The quantitative estimate of drug-likeness (QED) is 0.332. The minimum atomic E-state index is -0.693. The number of aryl methyl sites for hydroxylation is 1. The molecule has 2 N–H and O–H groups in total. The van der Waals surface area contributed by atoms with E-state index in [2.05, 4.69) is 70.9 Å². The van der Waals surface area contributed by atoms with Gasteiger partial charge in [-0.3, -0.25) is 9.59 Å². The molecule has 2 amide bonds. The Balaban J connectivity index is 1.46. The summed E-state index contributed by atoms with van der Waals surface area (Å²) in [6, 6.07) is 7.36. The van der Waals surface area contributed by atoms with Crippen LogP contribution in [-0.2, 0) is 9.59 Å². The smallest absolute Gasteiger partial charge is 0.243 e. The van der Waals surface area contributed by atoms with Crippen LogP contribution in [0.25, 0.3) is 10.4 Å². The second-order valence-corrected chi connectivity index (χ2v) is 17.3. The summed E-state index contributed by atoms with van der Waals surface area (Å²) in [5, 5.41) is 13.9. The molecule has 6 nitrogen and oxygen atoms in total. The van der Waals surface area contributed by atoms with Gasteiger partial charge in [-0.15, -0.1) is 11.3 Å². The maximum absolute atomic E-state index is 14.5. The zero-order valence-electron chi connectivity index (χ0n) is 29.4. The van der Waals surface area contributed by atoms with Crippen molar-refractivity contribution in [1.29, 1.82) is 0 Å². The maximum atomic E-state index is 14.5. The van der Waals surface area contributed by atoms with E-state index in [1.54, 1.807) is 16.2 Å². The van der Waals surface area contributed by atoms with Crippen LogP contribution < -0.4 is 5.32 Å². The summed E-state index contributed by atoms with van der Waals surface area (Å²) in [5.74, 6) is -0.0585. The second-order valence-electron chi connectivity index (χ2n) is 16.4. The van der Waals surface area contributed by atoms with E-state index >= 15 is 0 Å². The normalized spacial score (nSPS) is 26.7. The summed E-state index contributed by atoms with van der Waals surface area (Å²) in [6.07, 6.45) is 8.74. The molecule has 1 aromatic carbocycles. The fourth-order valence-corrected chi connectivity index (χ4v) is 8.67. The Hall–Kier alpha value is -2.25. The summed E-state index contributed by atoms with van der Waals surface area (Å²) in [6.45, 7) is 20.3. The van der Waals surface area contributed by atoms with Gasteiger partial charge in [0.1, 0.15) is 6.04 Å². The molecule has 2 fully saturated rings. The predicted molar refractivity (Wildman–Crippen MR) is 186 cm³/mol. The van der Waals surface area contributed by atoms with Gasteiger partial charge in [-0.2, -0.15) is 0 Å². The minimum Gasteiger partial charge on any atom is -0.391 e. The molecule has 1 aromatic heterocycles. The number of aliphatic hydroxyl groups excluding tert-OH is 1. The summed E-state index contributed by atoms with van der Waals surface area (Å²) < 4.78 is 0. The molecule has 0 bridgehead atoms. The number of likely N-dealkylation sites (tertiary alicyclic amines) is 1. The van der Waals surface area contributed by atoms with Crippen LogP contribution in [0.15, 0.2) is 29.8 Å². The van der Waals surface area contributed by atoms with Gasteiger partial charge in [0.05, 0.1) is 28.2 Å². The summed E-state index contributed by atoms with van der Waals surface area (Å²) in [7, 11) is 0. The van der Waals surface area contributed by atoms with Crippen molar-refractivity contribution in [2.75, 3.05) is 6.54 Å². The number of benzene rings is 1. The van der Waals surface area contributed by atoms with Crippen LogP contribution in [0, 0.1) is 35.0 Å². The van der Waals surface area contributed by atoms with Crippen molar-refractivity contribution in [3.63, 3.8) is 0 Å². The van der Waals surface area contributed by atoms with E-state index in [9.17, 15) is 14.7 Å². The number of aliphatic hydroxyl groups is 1. The third-order valence-electron chi connectivity index (χ3n) is 11.2. The Morgan fingerprint density at radius 2 is 1.62 bits per heavy atom. The van der Waals surface area contributed by atoms with E-state index in [0.29, 0.717) is 5.41 Å². The first-order valence-electron chi connectivity index (χ1n) is 17.3. The lowest BCUT2D eigenvalue weighted by Crippen LogP contribution is -2.51. The average Bonchev–Trinajstić information content (AvgIpc) is 3.57. The second kappa shape index (κ2) is 14.3. The lowest BCUT2D eigenvalue weighted by atomic mass is 9.61. The largest absolute Gasteiger partial charge is 0.391 e. The average molecular weight is 638 g/mol. The molecule has 4 rings (SSSR count). The van der Waals surface area contributed by atoms with E-state index in [1.807, 2.05) is 31.5 Å². The molecule has 1 saturated heterocycles. The Morgan fingerprint density at radius 1 is 1.02 bits per heavy atom. The number of carbonyl (C=O) groups excluding carboxylic acids is 2.